The van der Waals surface area contributed by atoms with Gasteiger partial charge in [0.15, 0.2) is 0 Å². The fraction of sp³-hybridized carbons (Fsp3) is 0.250. The number of hydrogen-bond donors (Lipinski definition) is 3. The number of hydrogen-bond acceptors (Lipinski definition) is 6. The van der Waals surface area contributed by atoms with Crippen molar-refractivity contribution in [1.82, 2.24) is 0 Å². The fourth-order valence-electron chi connectivity index (χ4n) is 1.20. The summed E-state index contributed by atoms with van der Waals surface area (Å²) in [7, 11) is -4.07. The summed E-state index contributed by atoms with van der Waals surface area (Å²) in [6.45, 7) is -0.0959. The molecule has 0 saturated carbocycles. The van der Waals surface area contributed by atoms with Crippen molar-refractivity contribution in [3.05, 3.63) is 28.3 Å². The molecule has 9 heteroatoms. The zero-order valence-corrected chi connectivity index (χ0v) is 9.48. The average molecular weight is 261 g/mol. The van der Waals surface area contributed by atoms with Crippen molar-refractivity contribution in [2.75, 3.05) is 18.5 Å². The van der Waals surface area contributed by atoms with E-state index >= 15 is 0 Å². The second kappa shape index (κ2) is 5.08. The summed E-state index contributed by atoms with van der Waals surface area (Å²) in [6, 6.07) is 3.25. The molecule has 0 heterocycles. The van der Waals surface area contributed by atoms with Crippen LogP contribution in [0, 0.1) is 10.1 Å². The third-order valence-corrected chi connectivity index (χ3v) is 2.86. The number of non-ortho nitro benzene ring substituents is 1. The van der Waals surface area contributed by atoms with Crippen LogP contribution in [0.25, 0.3) is 0 Å². The highest BCUT2D eigenvalue weighted by Crippen LogP contribution is 2.25. The molecule has 0 amide bonds. The molecule has 0 aromatic heterocycles. The number of nitro benzene ring substituents is 1. The molecule has 17 heavy (non-hydrogen) atoms. The fourth-order valence-corrected chi connectivity index (χ4v) is 1.93. The number of sulfonamides is 1. The molecule has 1 aromatic carbocycles. The molecule has 1 rings (SSSR count). The van der Waals surface area contributed by atoms with Crippen LogP contribution in [0.2, 0.25) is 0 Å². The van der Waals surface area contributed by atoms with Gasteiger partial charge in [-0.2, -0.15) is 0 Å². The minimum absolute atomic E-state index is 0.111. The molecular weight excluding hydrogens is 250 g/mol. The van der Waals surface area contributed by atoms with Crippen molar-refractivity contribution >= 4 is 21.4 Å². The normalized spacial score (nSPS) is 11.2. The molecule has 0 aliphatic rings. The van der Waals surface area contributed by atoms with Gasteiger partial charge >= 0.3 is 0 Å². The molecule has 1 aromatic rings. The minimum atomic E-state index is -4.07. The predicted octanol–water partition coefficient (Wildman–Crippen LogP) is -0.354. The predicted molar refractivity (Wildman–Crippen MR) is 60.0 cm³/mol. The number of rotatable bonds is 5. The monoisotopic (exact) mass is 261 g/mol. The quantitative estimate of drug-likeness (QED) is 0.489. The van der Waals surface area contributed by atoms with Crippen LogP contribution in [0.3, 0.4) is 0 Å². The highest BCUT2D eigenvalue weighted by atomic mass is 32.2. The van der Waals surface area contributed by atoms with E-state index in [-0.39, 0.29) is 29.4 Å². The number of nitro groups is 1. The third-order valence-electron chi connectivity index (χ3n) is 1.91. The van der Waals surface area contributed by atoms with Crippen LogP contribution in [-0.4, -0.2) is 31.6 Å². The van der Waals surface area contributed by atoms with Gasteiger partial charge in [-0.1, -0.05) is 0 Å². The number of aliphatic hydroxyl groups is 1. The molecule has 0 atom stereocenters. The number of aliphatic hydroxyl groups excluding tert-OH is 1. The average Bonchev–Trinajstić information content (AvgIpc) is 2.24. The maximum absolute atomic E-state index is 11.2. The number of nitrogens with one attached hydrogen (secondary N) is 1. The Kier molecular flexibility index (Phi) is 3.99. The molecule has 8 nitrogen and oxygen atoms in total. The first-order valence-electron chi connectivity index (χ1n) is 4.52. The summed E-state index contributed by atoms with van der Waals surface area (Å²) < 4.78 is 22.5. The van der Waals surface area contributed by atoms with Crippen molar-refractivity contribution in [2.24, 2.45) is 5.14 Å². The first kappa shape index (κ1) is 13.4. The Morgan fingerprint density at radius 3 is 2.59 bits per heavy atom. The minimum Gasteiger partial charge on any atom is -0.395 e. The lowest BCUT2D eigenvalue weighted by atomic mass is 10.3. The molecule has 0 bridgehead atoms. The van der Waals surface area contributed by atoms with Gasteiger partial charge < -0.3 is 10.4 Å². The van der Waals surface area contributed by atoms with Crippen LogP contribution < -0.4 is 10.5 Å². The van der Waals surface area contributed by atoms with E-state index in [9.17, 15) is 18.5 Å². The Morgan fingerprint density at radius 2 is 2.12 bits per heavy atom. The Hall–Kier alpha value is -1.71. The van der Waals surface area contributed by atoms with E-state index in [1.807, 2.05) is 0 Å². The van der Waals surface area contributed by atoms with Gasteiger partial charge in [0.2, 0.25) is 10.0 Å². The highest BCUT2D eigenvalue weighted by Gasteiger charge is 2.18. The van der Waals surface area contributed by atoms with Crippen molar-refractivity contribution in [3.8, 4) is 0 Å². The smallest absolute Gasteiger partial charge is 0.270 e. The molecule has 0 spiro atoms. The van der Waals surface area contributed by atoms with E-state index in [0.29, 0.717) is 0 Å². The molecule has 0 unspecified atom stereocenters. The first-order valence-corrected chi connectivity index (χ1v) is 6.07. The lowest BCUT2D eigenvalue weighted by molar-refractivity contribution is -0.385. The number of anilines is 1. The summed E-state index contributed by atoms with van der Waals surface area (Å²) in [4.78, 5) is 9.42. The van der Waals surface area contributed by atoms with Crippen LogP contribution in [0.4, 0.5) is 11.4 Å². The molecule has 0 saturated heterocycles. The van der Waals surface area contributed by atoms with E-state index in [1.165, 1.54) is 6.07 Å². The van der Waals surface area contributed by atoms with E-state index in [1.54, 1.807) is 0 Å². The van der Waals surface area contributed by atoms with E-state index < -0.39 is 14.9 Å². The Bertz CT molecular complexity index is 528. The van der Waals surface area contributed by atoms with Gasteiger partial charge in [-0.25, -0.2) is 13.6 Å². The van der Waals surface area contributed by atoms with Gasteiger partial charge in [0.1, 0.15) is 4.90 Å². The topological polar surface area (TPSA) is 136 Å². The summed E-state index contributed by atoms with van der Waals surface area (Å²) in [5.74, 6) is 0. The standard InChI is InChI=1S/C8H11N3O5S/c9-17(15,16)8-5-6(11(13)14)1-2-7(8)10-3-4-12/h1-2,5,10,12H,3-4H2,(H2,9,15,16). The summed E-state index contributed by atoms with van der Waals surface area (Å²) in [6.07, 6.45) is 0. The number of primary sulfonamides is 1. The van der Waals surface area contributed by atoms with E-state index in [0.717, 1.165) is 12.1 Å². The number of nitrogens with zero attached hydrogens (tertiary/aromatic N) is 1. The third kappa shape index (κ3) is 3.37. The largest absolute Gasteiger partial charge is 0.395 e. The first-order chi connectivity index (χ1) is 7.86. The Morgan fingerprint density at radius 1 is 1.47 bits per heavy atom. The second-order valence-corrected chi connectivity index (χ2v) is 4.66. The molecule has 4 N–H and O–H groups in total. The summed E-state index contributed by atoms with van der Waals surface area (Å²) >= 11 is 0. The maximum atomic E-state index is 11.2. The van der Waals surface area contributed by atoms with Gasteiger partial charge in [0, 0.05) is 18.7 Å². The van der Waals surface area contributed by atoms with Crippen molar-refractivity contribution in [3.63, 3.8) is 0 Å². The van der Waals surface area contributed by atoms with Crippen molar-refractivity contribution in [1.29, 1.82) is 0 Å². The molecule has 94 valence electrons. The van der Waals surface area contributed by atoms with Crippen LogP contribution in [0.5, 0.6) is 0 Å². The summed E-state index contributed by atoms with van der Waals surface area (Å²) in [5, 5.41) is 26.7. The highest BCUT2D eigenvalue weighted by molar-refractivity contribution is 7.89. The van der Waals surface area contributed by atoms with Crippen LogP contribution in [0.1, 0.15) is 0 Å². The zero-order valence-electron chi connectivity index (χ0n) is 8.66. The van der Waals surface area contributed by atoms with Crippen LogP contribution in [0.15, 0.2) is 23.1 Å². The molecule has 0 fully saturated rings. The lowest BCUT2D eigenvalue weighted by Gasteiger charge is -2.09. The Balaban J connectivity index is 3.27. The lowest BCUT2D eigenvalue weighted by Crippen LogP contribution is -2.16. The van der Waals surface area contributed by atoms with Gasteiger partial charge in [-0.05, 0) is 6.07 Å². The molecule has 0 aliphatic carbocycles. The maximum Gasteiger partial charge on any atom is 0.270 e. The molecule has 0 aliphatic heterocycles. The molecule has 0 radical (unpaired) electrons. The van der Waals surface area contributed by atoms with Crippen molar-refractivity contribution < 1.29 is 18.4 Å². The number of benzene rings is 1. The van der Waals surface area contributed by atoms with Gasteiger partial charge in [0.25, 0.3) is 5.69 Å². The summed E-state index contributed by atoms with van der Waals surface area (Å²) in [5.41, 5.74) is -0.254. The van der Waals surface area contributed by atoms with Gasteiger partial charge in [-0.3, -0.25) is 10.1 Å². The second-order valence-electron chi connectivity index (χ2n) is 3.13. The van der Waals surface area contributed by atoms with Crippen molar-refractivity contribution in [2.45, 2.75) is 4.90 Å². The van der Waals surface area contributed by atoms with Gasteiger partial charge in [0.05, 0.1) is 17.2 Å². The van der Waals surface area contributed by atoms with E-state index in [2.05, 4.69) is 5.32 Å². The zero-order chi connectivity index (χ0) is 13.1. The van der Waals surface area contributed by atoms with Crippen LogP contribution >= 0.6 is 0 Å². The number of nitrogens with two attached hydrogens (primary N) is 1. The van der Waals surface area contributed by atoms with E-state index in [4.69, 9.17) is 10.2 Å². The SMILES string of the molecule is NS(=O)(=O)c1cc([N+](=O)[O-])ccc1NCCO. The van der Waals surface area contributed by atoms with Gasteiger partial charge in [-0.15, -0.1) is 0 Å². The van der Waals surface area contributed by atoms with Crippen LogP contribution in [-0.2, 0) is 10.0 Å². The Labute approximate surface area is 97.3 Å². The molecular formula is C8H11N3O5S.